The number of alkyl carbamates (subject to hydrolysis) is 1. The monoisotopic (exact) mass is 450 g/mol. The van der Waals surface area contributed by atoms with E-state index >= 15 is 0 Å². The van der Waals surface area contributed by atoms with E-state index in [1.807, 2.05) is 5.32 Å². The van der Waals surface area contributed by atoms with Crippen LogP contribution in [0.3, 0.4) is 0 Å². The van der Waals surface area contributed by atoms with Crippen molar-refractivity contribution in [2.24, 2.45) is 11.8 Å². The molecular formula is C19H22ClF3N2O5. The van der Waals surface area contributed by atoms with Crippen LogP contribution in [0.4, 0.5) is 23.7 Å². The van der Waals surface area contributed by atoms with E-state index in [1.54, 1.807) is 0 Å². The molecule has 0 saturated heterocycles. The van der Waals surface area contributed by atoms with Crippen molar-refractivity contribution in [3.05, 3.63) is 41.4 Å². The SMILES string of the molecule is C=CCOC(=O)NC(C(=O)Nc1cc(C[C@@H](C)C(=O)O)ccc1Cl)C(C)C(F)(F)F. The van der Waals surface area contributed by atoms with E-state index < -0.39 is 42.0 Å². The highest BCUT2D eigenvalue weighted by molar-refractivity contribution is 6.33. The van der Waals surface area contributed by atoms with Gasteiger partial charge in [0, 0.05) is 0 Å². The first-order valence-electron chi connectivity index (χ1n) is 8.79. The fourth-order valence-electron chi connectivity index (χ4n) is 2.36. The zero-order valence-corrected chi connectivity index (χ0v) is 17.0. The van der Waals surface area contributed by atoms with Crippen LogP contribution in [0.5, 0.6) is 0 Å². The van der Waals surface area contributed by atoms with Crippen molar-refractivity contribution in [1.82, 2.24) is 5.32 Å². The summed E-state index contributed by atoms with van der Waals surface area (Å²) >= 11 is 6.01. The van der Waals surface area contributed by atoms with Gasteiger partial charge in [-0.3, -0.25) is 9.59 Å². The number of hydrogen-bond acceptors (Lipinski definition) is 4. The van der Waals surface area contributed by atoms with Crippen LogP contribution in [-0.2, 0) is 20.7 Å². The average Bonchev–Trinajstić information content (AvgIpc) is 2.65. The molecule has 2 amide bonds. The standard InChI is InChI=1S/C19H22ClF3N2O5/c1-4-7-30-18(29)25-15(11(3)19(21,22)23)16(26)24-14-9-12(5-6-13(14)20)8-10(2)17(27)28/h4-6,9-11,15H,1,7-8H2,2-3H3,(H,24,26)(H,25,29)(H,27,28)/t10-,11?,15?/m1/s1. The molecular weight excluding hydrogens is 429 g/mol. The Kier molecular flexibility index (Phi) is 9.16. The molecule has 30 heavy (non-hydrogen) atoms. The summed E-state index contributed by atoms with van der Waals surface area (Å²) in [7, 11) is 0. The van der Waals surface area contributed by atoms with E-state index in [0.29, 0.717) is 5.56 Å². The number of hydrogen-bond donors (Lipinski definition) is 3. The van der Waals surface area contributed by atoms with E-state index in [2.05, 4.69) is 16.6 Å². The van der Waals surface area contributed by atoms with Crippen LogP contribution in [0.25, 0.3) is 0 Å². The molecule has 0 aliphatic rings. The summed E-state index contributed by atoms with van der Waals surface area (Å²) in [6.07, 6.45) is -4.67. The number of benzene rings is 1. The summed E-state index contributed by atoms with van der Waals surface area (Å²) in [5.74, 6) is -5.16. The van der Waals surface area contributed by atoms with Crippen LogP contribution in [0.1, 0.15) is 19.4 Å². The van der Waals surface area contributed by atoms with Gasteiger partial charge < -0.3 is 20.5 Å². The first-order chi connectivity index (χ1) is 13.9. The van der Waals surface area contributed by atoms with Crippen LogP contribution in [-0.4, -0.2) is 41.9 Å². The van der Waals surface area contributed by atoms with Crippen LogP contribution >= 0.6 is 11.6 Å². The van der Waals surface area contributed by atoms with E-state index in [1.165, 1.54) is 31.2 Å². The number of aliphatic carboxylic acids is 1. The third-order valence-corrected chi connectivity index (χ3v) is 4.49. The van der Waals surface area contributed by atoms with Crippen molar-refractivity contribution in [2.75, 3.05) is 11.9 Å². The number of anilines is 1. The molecule has 0 aliphatic heterocycles. The van der Waals surface area contributed by atoms with Crippen molar-refractivity contribution in [1.29, 1.82) is 0 Å². The molecule has 11 heteroatoms. The number of halogens is 4. The molecule has 7 nitrogen and oxygen atoms in total. The smallest absolute Gasteiger partial charge is 0.408 e. The molecule has 0 bridgehead atoms. The zero-order chi connectivity index (χ0) is 23.1. The Balaban J connectivity index is 3.08. The van der Waals surface area contributed by atoms with Crippen molar-refractivity contribution >= 4 is 35.3 Å². The molecule has 3 atom stereocenters. The van der Waals surface area contributed by atoms with Gasteiger partial charge in [0.15, 0.2) is 0 Å². The van der Waals surface area contributed by atoms with Crippen molar-refractivity contribution in [2.45, 2.75) is 32.5 Å². The van der Waals surface area contributed by atoms with Crippen LogP contribution in [0.15, 0.2) is 30.9 Å². The first-order valence-corrected chi connectivity index (χ1v) is 9.17. The molecule has 0 radical (unpaired) electrons. The number of carbonyl (C=O) groups excluding carboxylic acids is 2. The summed E-state index contributed by atoms with van der Waals surface area (Å²) in [6.45, 7) is 5.28. The summed E-state index contributed by atoms with van der Waals surface area (Å²) in [5.41, 5.74) is 0.487. The van der Waals surface area contributed by atoms with Gasteiger partial charge in [0.2, 0.25) is 5.91 Å². The minimum atomic E-state index is -4.78. The number of carboxylic acids is 1. The lowest BCUT2D eigenvalue weighted by molar-refractivity contribution is -0.178. The molecule has 1 aromatic carbocycles. The predicted octanol–water partition coefficient (Wildman–Crippen LogP) is 4.02. The largest absolute Gasteiger partial charge is 0.481 e. The Hall–Kier alpha value is -2.75. The maximum absolute atomic E-state index is 13.2. The zero-order valence-electron chi connectivity index (χ0n) is 16.3. The molecule has 0 saturated carbocycles. The second kappa shape index (κ2) is 10.9. The highest BCUT2D eigenvalue weighted by atomic mass is 35.5. The van der Waals surface area contributed by atoms with Crippen molar-refractivity contribution < 1.29 is 37.4 Å². The number of ether oxygens (including phenoxy) is 1. The third-order valence-electron chi connectivity index (χ3n) is 4.16. The Morgan fingerprint density at radius 3 is 2.47 bits per heavy atom. The van der Waals surface area contributed by atoms with Gasteiger partial charge in [0.25, 0.3) is 0 Å². The number of rotatable bonds is 9. The molecule has 0 aromatic heterocycles. The number of alkyl halides is 3. The number of amides is 2. The molecule has 0 fully saturated rings. The van der Waals surface area contributed by atoms with Gasteiger partial charge in [-0.15, -0.1) is 0 Å². The molecule has 0 heterocycles. The maximum Gasteiger partial charge on any atom is 0.408 e. The van der Waals surface area contributed by atoms with Crippen LogP contribution in [0, 0.1) is 11.8 Å². The molecule has 0 spiro atoms. The molecule has 3 N–H and O–H groups in total. The quantitative estimate of drug-likeness (QED) is 0.493. The minimum absolute atomic E-state index is 0.0163. The molecule has 1 rings (SSSR count). The molecule has 166 valence electrons. The van der Waals surface area contributed by atoms with Crippen molar-refractivity contribution in [3.63, 3.8) is 0 Å². The highest BCUT2D eigenvalue weighted by Crippen LogP contribution is 2.30. The Bertz CT molecular complexity index is 801. The lowest BCUT2D eigenvalue weighted by Gasteiger charge is -2.26. The third kappa shape index (κ3) is 7.58. The first kappa shape index (κ1) is 25.3. The Morgan fingerprint density at radius 2 is 1.93 bits per heavy atom. The van der Waals surface area contributed by atoms with Crippen molar-refractivity contribution in [3.8, 4) is 0 Å². The van der Waals surface area contributed by atoms with Crippen LogP contribution < -0.4 is 10.6 Å². The molecule has 1 aromatic rings. The van der Waals surface area contributed by atoms with E-state index in [4.69, 9.17) is 16.7 Å². The minimum Gasteiger partial charge on any atom is -0.481 e. The summed E-state index contributed by atoms with van der Waals surface area (Å²) in [6, 6.07) is 2.29. The summed E-state index contributed by atoms with van der Waals surface area (Å²) in [4.78, 5) is 35.3. The average molecular weight is 451 g/mol. The lowest BCUT2D eigenvalue weighted by Crippen LogP contribution is -2.52. The highest BCUT2D eigenvalue weighted by Gasteiger charge is 2.45. The van der Waals surface area contributed by atoms with Gasteiger partial charge in [0.1, 0.15) is 12.6 Å². The van der Waals surface area contributed by atoms with Gasteiger partial charge in [-0.25, -0.2) is 4.79 Å². The van der Waals surface area contributed by atoms with Crippen LogP contribution in [0.2, 0.25) is 5.02 Å². The predicted molar refractivity (Wildman–Crippen MR) is 104 cm³/mol. The lowest BCUT2D eigenvalue weighted by atomic mass is 9.99. The number of nitrogens with one attached hydrogen (secondary N) is 2. The molecule has 2 unspecified atom stereocenters. The van der Waals surface area contributed by atoms with Gasteiger partial charge in [-0.05, 0) is 24.1 Å². The Labute approximate surface area is 176 Å². The van der Waals surface area contributed by atoms with Gasteiger partial charge >= 0.3 is 18.2 Å². The fourth-order valence-corrected chi connectivity index (χ4v) is 2.52. The number of carbonyl (C=O) groups is 3. The number of carboxylic acid groups (broad SMARTS) is 1. The van der Waals surface area contributed by atoms with E-state index in [0.717, 1.165) is 6.92 Å². The van der Waals surface area contributed by atoms with E-state index in [9.17, 15) is 27.6 Å². The van der Waals surface area contributed by atoms with Gasteiger partial charge in [-0.1, -0.05) is 44.2 Å². The second-order valence-electron chi connectivity index (χ2n) is 6.59. The summed E-state index contributed by atoms with van der Waals surface area (Å²) in [5, 5.41) is 13.2. The second-order valence-corrected chi connectivity index (χ2v) is 6.99. The summed E-state index contributed by atoms with van der Waals surface area (Å²) < 4.78 is 44.2. The topological polar surface area (TPSA) is 105 Å². The Morgan fingerprint density at radius 1 is 1.30 bits per heavy atom. The fraction of sp³-hybridized carbons (Fsp3) is 0.421. The normalized spacial score (nSPS) is 14.2. The molecule has 0 aliphatic carbocycles. The van der Waals surface area contributed by atoms with Gasteiger partial charge in [0.05, 0.1) is 22.5 Å². The van der Waals surface area contributed by atoms with E-state index in [-0.39, 0.29) is 23.7 Å². The van der Waals surface area contributed by atoms with Gasteiger partial charge in [-0.2, -0.15) is 13.2 Å². The maximum atomic E-state index is 13.2.